The van der Waals surface area contributed by atoms with Gasteiger partial charge in [0, 0.05) is 16.7 Å². The van der Waals surface area contributed by atoms with E-state index in [0.717, 1.165) is 33.4 Å². The Hall–Kier alpha value is -4.38. The first-order valence-corrected chi connectivity index (χ1v) is 12.0. The van der Waals surface area contributed by atoms with Crippen molar-refractivity contribution < 1.29 is 10.2 Å². The molecule has 1 heterocycles. The monoisotopic (exact) mass is 475 g/mol. The number of aromatic hydroxyl groups is 2. The molecule has 0 bridgehead atoms. The molecule has 0 amide bonds. The molecule has 0 aliphatic carbocycles. The molecular weight excluding hydrogens is 446 g/mol. The normalized spacial score (nSPS) is 17.2. The number of phenols is 2. The maximum Gasteiger partial charge on any atom is 0.209 e. The molecule has 0 aromatic heterocycles. The molecular formula is C31H29N3O2. The van der Waals surface area contributed by atoms with Crippen molar-refractivity contribution in [3.05, 3.63) is 129 Å². The molecule has 1 aliphatic rings. The predicted molar refractivity (Wildman–Crippen MR) is 145 cm³/mol. The van der Waals surface area contributed by atoms with Crippen LogP contribution in [-0.2, 0) is 5.66 Å². The van der Waals surface area contributed by atoms with E-state index >= 15 is 0 Å². The fourth-order valence-corrected chi connectivity index (χ4v) is 4.88. The Morgan fingerprint density at radius 3 is 1.81 bits per heavy atom. The van der Waals surface area contributed by atoms with E-state index in [1.807, 2.05) is 56.3 Å². The smallest absolute Gasteiger partial charge is 0.209 e. The van der Waals surface area contributed by atoms with Crippen molar-refractivity contribution in [2.75, 3.05) is 0 Å². The molecule has 1 unspecified atom stereocenters. The Labute approximate surface area is 211 Å². The highest BCUT2D eigenvalue weighted by molar-refractivity contribution is 6.17. The van der Waals surface area contributed by atoms with E-state index in [9.17, 15) is 10.2 Å². The lowest BCUT2D eigenvalue weighted by molar-refractivity contribution is 0.443. The Bertz CT molecular complexity index is 1540. The van der Waals surface area contributed by atoms with E-state index in [-0.39, 0.29) is 11.5 Å². The van der Waals surface area contributed by atoms with Crippen LogP contribution in [0.3, 0.4) is 0 Å². The van der Waals surface area contributed by atoms with Gasteiger partial charge in [0.1, 0.15) is 23.2 Å². The zero-order chi connectivity index (χ0) is 25.4. The van der Waals surface area contributed by atoms with Gasteiger partial charge in [-0.1, -0.05) is 77.9 Å². The summed E-state index contributed by atoms with van der Waals surface area (Å²) in [5, 5.41) is 25.2. The molecule has 0 fully saturated rings. The van der Waals surface area contributed by atoms with Gasteiger partial charge in [-0.3, -0.25) is 0 Å². The van der Waals surface area contributed by atoms with E-state index < -0.39 is 5.66 Å². The molecule has 0 saturated carbocycles. The highest BCUT2D eigenvalue weighted by atomic mass is 16.3. The molecule has 3 N–H and O–H groups in total. The van der Waals surface area contributed by atoms with Crippen LogP contribution in [0.4, 0.5) is 0 Å². The van der Waals surface area contributed by atoms with Gasteiger partial charge in [-0.2, -0.15) is 0 Å². The van der Waals surface area contributed by atoms with E-state index in [1.165, 1.54) is 0 Å². The number of phenolic OH excluding ortho intramolecular Hbond substituents is 2. The summed E-state index contributed by atoms with van der Waals surface area (Å²) in [4.78, 5) is 10.4. The van der Waals surface area contributed by atoms with Crippen LogP contribution in [0.15, 0.2) is 94.9 Å². The highest BCUT2D eigenvalue weighted by Crippen LogP contribution is 2.44. The van der Waals surface area contributed by atoms with Crippen LogP contribution in [0.25, 0.3) is 0 Å². The number of benzene rings is 4. The quantitative estimate of drug-likeness (QED) is 0.337. The number of nitrogens with zero attached hydrogens (tertiary/aromatic N) is 2. The van der Waals surface area contributed by atoms with Crippen molar-refractivity contribution in [3.63, 3.8) is 0 Å². The Morgan fingerprint density at radius 2 is 1.17 bits per heavy atom. The summed E-state index contributed by atoms with van der Waals surface area (Å²) in [5.41, 5.74) is 5.96. The number of hydrogen-bond acceptors (Lipinski definition) is 5. The van der Waals surface area contributed by atoms with Gasteiger partial charge in [0.25, 0.3) is 0 Å². The van der Waals surface area contributed by atoms with Gasteiger partial charge in [0.2, 0.25) is 5.66 Å². The number of amidine groups is 2. The van der Waals surface area contributed by atoms with Crippen LogP contribution in [0.1, 0.15) is 44.5 Å². The van der Waals surface area contributed by atoms with Crippen molar-refractivity contribution >= 4 is 11.7 Å². The second kappa shape index (κ2) is 9.00. The molecule has 1 aliphatic heterocycles. The van der Waals surface area contributed by atoms with Crippen LogP contribution in [-0.4, -0.2) is 21.9 Å². The molecule has 5 rings (SSSR count). The van der Waals surface area contributed by atoms with Crippen LogP contribution in [0.5, 0.6) is 11.5 Å². The fourth-order valence-electron chi connectivity index (χ4n) is 4.88. The van der Waals surface area contributed by atoms with Gasteiger partial charge in [-0.05, 0) is 57.0 Å². The number of para-hydroxylation sites is 2. The first kappa shape index (κ1) is 23.4. The number of nitrogens with one attached hydrogen (secondary N) is 1. The van der Waals surface area contributed by atoms with Crippen molar-refractivity contribution in [2.24, 2.45) is 9.98 Å². The highest BCUT2D eigenvalue weighted by Gasteiger charge is 2.41. The third-order valence-corrected chi connectivity index (χ3v) is 6.62. The molecule has 0 spiro atoms. The average Bonchev–Trinajstić information content (AvgIpc) is 2.84. The van der Waals surface area contributed by atoms with Crippen molar-refractivity contribution in [2.45, 2.75) is 33.4 Å². The third-order valence-electron chi connectivity index (χ3n) is 6.62. The van der Waals surface area contributed by atoms with Gasteiger partial charge in [-0.25, -0.2) is 9.98 Å². The number of aliphatic imine (C=N–C) groups is 2. The average molecular weight is 476 g/mol. The standard InChI is InChI=1S/C31H29N3O2/c1-19-13-15-23(21(3)17-19)29-32-30(24-9-5-7-11-27(24)35)34-31(33-29,26-10-6-8-12-28(26)36)25-16-14-20(2)18-22(25)4/h5-18,35-36H,1-4H3,(H,32,33,34). The first-order valence-electron chi connectivity index (χ1n) is 12.0. The summed E-state index contributed by atoms with van der Waals surface area (Å²) in [6.07, 6.45) is 0. The van der Waals surface area contributed by atoms with Gasteiger partial charge in [0.15, 0.2) is 0 Å². The zero-order valence-corrected chi connectivity index (χ0v) is 20.9. The molecule has 4 aromatic rings. The Balaban J connectivity index is 1.89. The molecule has 4 aromatic carbocycles. The molecule has 5 heteroatoms. The Morgan fingerprint density at radius 1 is 0.583 bits per heavy atom. The predicted octanol–water partition coefficient (Wildman–Crippen LogP) is 6.03. The largest absolute Gasteiger partial charge is 0.507 e. The van der Waals surface area contributed by atoms with E-state index in [1.54, 1.807) is 24.3 Å². The van der Waals surface area contributed by atoms with Gasteiger partial charge in [0.05, 0.1) is 5.56 Å². The van der Waals surface area contributed by atoms with Crippen molar-refractivity contribution in [3.8, 4) is 11.5 Å². The van der Waals surface area contributed by atoms with Gasteiger partial charge >= 0.3 is 0 Å². The maximum absolute atomic E-state index is 11.1. The summed E-state index contributed by atoms with van der Waals surface area (Å²) in [6, 6.07) is 26.7. The second-order valence-corrected chi connectivity index (χ2v) is 9.39. The molecule has 1 atom stereocenters. The number of hydrogen-bond donors (Lipinski definition) is 3. The minimum absolute atomic E-state index is 0.100. The first-order chi connectivity index (χ1) is 17.3. The van der Waals surface area contributed by atoms with E-state index in [0.29, 0.717) is 22.8 Å². The number of aryl methyl sites for hydroxylation is 4. The Kier molecular flexibility index (Phi) is 5.84. The molecule has 0 saturated heterocycles. The van der Waals surface area contributed by atoms with Crippen LogP contribution in [0, 0.1) is 27.7 Å². The number of rotatable bonds is 4. The van der Waals surface area contributed by atoms with E-state index in [4.69, 9.17) is 9.98 Å². The lowest BCUT2D eigenvalue weighted by Gasteiger charge is -2.35. The lowest BCUT2D eigenvalue weighted by Crippen LogP contribution is -2.43. The van der Waals surface area contributed by atoms with Gasteiger partial charge < -0.3 is 15.5 Å². The van der Waals surface area contributed by atoms with Crippen LogP contribution >= 0.6 is 0 Å². The van der Waals surface area contributed by atoms with Crippen LogP contribution < -0.4 is 5.32 Å². The minimum atomic E-state index is -1.28. The molecule has 36 heavy (non-hydrogen) atoms. The summed E-state index contributed by atoms with van der Waals surface area (Å²) >= 11 is 0. The maximum atomic E-state index is 11.1. The third kappa shape index (κ3) is 4.03. The van der Waals surface area contributed by atoms with Crippen molar-refractivity contribution in [1.29, 1.82) is 0 Å². The van der Waals surface area contributed by atoms with Crippen molar-refractivity contribution in [1.82, 2.24) is 5.32 Å². The summed E-state index contributed by atoms with van der Waals surface area (Å²) in [5.74, 6) is 1.30. The summed E-state index contributed by atoms with van der Waals surface area (Å²) in [7, 11) is 0. The SMILES string of the molecule is Cc1ccc(C2=NC(c3ccc(C)cc3C)(c3ccccc3O)N=C(c3ccccc3O)N2)c(C)c1. The second-order valence-electron chi connectivity index (χ2n) is 9.39. The molecule has 0 radical (unpaired) electrons. The lowest BCUT2D eigenvalue weighted by atomic mass is 9.86. The van der Waals surface area contributed by atoms with Crippen LogP contribution in [0.2, 0.25) is 0 Å². The van der Waals surface area contributed by atoms with E-state index in [2.05, 4.69) is 37.4 Å². The minimum Gasteiger partial charge on any atom is -0.507 e. The fraction of sp³-hybridized carbons (Fsp3) is 0.161. The molecule has 180 valence electrons. The zero-order valence-electron chi connectivity index (χ0n) is 20.9. The molecule has 5 nitrogen and oxygen atoms in total. The summed E-state index contributed by atoms with van der Waals surface area (Å²) < 4.78 is 0. The van der Waals surface area contributed by atoms with Gasteiger partial charge in [-0.15, -0.1) is 0 Å². The topological polar surface area (TPSA) is 77.2 Å². The summed E-state index contributed by atoms with van der Waals surface area (Å²) in [6.45, 7) is 8.20.